The number of rotatable bonds is 6. The molecule has 0 radical (unpaired) electrons. The fourth-order valence-electron chi connectivity index (χ4n) is 4.78. The van der Waals surface area contributed by atoms with Crippen LogP contribution in [0.5, 0.6) is 0 Å². The fraction of sp³-hybridized carbons (Fsp3) is 0.522. The molecule has 2 aromatic heterocycles. The van der Waals surface area contributed by atoms with Gasteiger partial charge in [-0.05, 0) is 56.1 Å². The van der Waals surface area contributed by atoms with E-state index in [4.69, 9.17) is 0 Å². The van der Waals surface area contributed by atoms with Crippen LogP contribution in [-0.4, -0.2) is 92.6 Å². The number of fused-ring (bicyclic) bond motifs is 1. The summed E-state index contributed by atoms with van der Waals surface area (Å²) in [7, 11) is 2.13. The summed E-state index contributed by atoms with van der Waals surface area (Å²) >= 11 is 0. The first-order chi connectivity index (χ1) is 16.2. The number of benzene rings is 1. The van der Waals surface area contributed by atoms with Crippen LogP contribution in [0, 0.1) is 0 Å². The maximum absolute atomic E-state index is 12.6. The lowest BCUT2D eigenvalue weighted by atomic mass is 9.90. The Labute approximate surface area is 193 Å². The van der Waals surface area contributed by atoms with Crippen LogP contribution >= 0.6 is 0 Å². The van der Waals surface area contributed by atoms with Crippen molar-refractivity contribution in [3.05, 3.63) is 42.7 Å². The molecule has 10 nitrogen and oxygen atoms in total. The third-order valence-corrected chi connectivity index (χ3v) is 6.67. The predicted octanol–water partition coefficient (Wildman–Crippen LogP) is 1.17. The lowest BCUT2D eigenvalue weighted by molar-refractivity contribution is -0.123. The monoisotopic (exact) mass is 449 g/mol. The summed E-state index contributed by atoms with van der Waals surface area (Å²) in [6, 6.07) is 10.1. The highest BCUT2D eigenvalue weighted by atomic mass is 16.2. The molecule has 1 amide bonds. The molecule has 174 valence electrons. The Hall–Kier alpha value is -3.11. The molecule has 3 heterocycles. The molecule has 1 saturated carbocycles. The van der Waals surface area contributed by atoms with Crippen molar-refractivity contribution in [1.82, 2.24) is 40.2 Å². The molecule has 5 rings (SSSR count). The molecule has 1 aliphatic carbocycles. The van der Waals surface area contributed by atoms with Gasteiger partial charge in [0.15, 0.2) is 0 Å². The number of anilines is 1. The zero-order chi connectivity index (χ0) is 22.6. The number of amides is 1. The minimum absolute atomic E-state index is 0.133. The Balaban J connectivity index is 1.24. The van der Waals surface area contributed by atoms with Crippen LogP contribution in [0.1, 0.15) is 25.7 Å². The minimum Gasteiger partial charge on any atom is -0.352 e. The van der Waals surface area contributed by atoms with Crippen molar-refractivity contribution < 1.29 is 4.79 Å². The van der Waals surface area contributed by atoms with Crippen molar-refractivity contribution in [3.8, 4) is 0 Å². The molecule has 2 fully saturated rings. The molecular weight excluding hydrogens is 418 g/mol. The standard InChI is InChI=1S/C23H31N9O/c1-29-13-15-30(16-14-29)17-22(33)26-18-7-9-19(10-8-18)31(23-24-11-4-12-25-23)32-21-6-3-2-5-20(21)27-28-32/h2-6,11-12,18-19H,7-10,13-17H2,1H3,(H,26,33). The Morgan fingerprint density at radius 3 is 2.52 bits per heavy atom. The molecule has 10 heteroatoms. The highest BCUT2D eigenvalue weighted by Gasteiger charge is 2.31. The Bertz CT molecular complexity index is 1060. The molecule has 33 heavy (non-hydrogen) atoms. The third-order valence-electron chi connectivity index (χ3n) is 6.67. The van der Waals surface area contributed by atoms with E-state index in [0.29, 0.717) is 12.5 Å². The Morgan fingerprint density at radius 1 is 1.03 bits per heavy atom. The van der Waals surface area contributed by atoms with Gasteiger partial charge in [-0.2, -0.15) is 0 Å². The van der Waals surface area contributed by atoms with Crippen LogP contribution in [0.4, 0.5) is 5.95 Å². The fourth-order valence-corrected chi connectivity index (χ4v) is 4.78. The lowest BCUT2D eigenvalue weighted by Crippen LogP contribution is -2.51. The summed E-state index contributed by atoms with van der Waals surface area (Å²) in [5.41, 5.74) is 1.76. The highest BCUT2D eigenvalue weighted by Crippen LogP contribution is 2.27. The first-order valence-electron chi connectivity index (χ1n) is 11.7. The zero-order valence-corrected chi connectivity index (χ0v) is 19.0. The van der Waals surface area contributed by atoms with Crippen molar-refractivity contribution >= 4 is 22.9 Å². The van der Waals surface area contributed by atoms with Crippen molar-refractivity contribution in [2.45, 2.75) is 37.8 Å². The second kappa shape index (κ2) is 9.80. The van der Waals surface area contributed by atoms with Gasteiger partial charge in [-0.25, -0.2) is 15.0 Å². The van der Waals surface area contributed by atoms with Gasteiger partial charge >= 0.3 is 0 Å². The van der Waals surface area contributed by atoms with E-state index < -0.39 is 0 Å². The number of carbonyl (C=O) groups excluding carboxylic acids is 1. The molecule has 0 bridgehead atoms. The van der Waals surface area contributed by atoms with Crippen LogP contribution in [0.15, 0.2) is 42.7 Å². The van der Waals surface area contributed by atoms with E-state index in [1.807, 2.05) is 35.1 Å². The van der Waals surface area contributed by atoms with E-state index in [9.17, 15) is 4.79 Å². The van der Waals surface area contributed by atoms with Crippen LogP contribution < -0.4 is 10.3 Å². The van der Waals surface area contributed by atoms with Crippen molar-refractivity contribution in [2.24, 2.45) is 0 Å². The maximum atomic E-state index is 12.6. The Morgan fingerprint density at radius 2 is 1.76 bits per heavy atom. The van der Waals surface area contributed by atoms with Gasteiger partial charge in [0.25, 0.3) is 0 Å². The number of para-hydroxylation sites is 1. The molecule has 0 spiro atoms. The smallest absolute Gasteiger partial charge is 0.246 e. The maximum Gasteiger partial charge on any atom is 0.246 e. The van der Waals surface area contributed by atoms with Crippen LogP contribution in [-0.2, 0) is 4.79 Å². The van der Waals surface area contributed by atoms with Gasteiger partial charge in [0.1, 0.15) is 11.0 Å². The summed E-state index contributed by atoms with van der Waals surface area (Å²) in [5.74, 6) is 0.740. The van der Waals surface area contributed by atoms with Crippen LogP contribution in [0.3, 0.4) is 0 Å². The number of likely N-dealkylation sites (N-methyl/N-ethyl adjacent to an activating group) is 1. The number of nitrogens with zero attached hydrogens (tertiary/aromatic N) is 8. The third kappa shape index (κ3) is 4.96. The molecule has 1 aliphatic heterocycles. The van der Waals surface area contributed by atoms with Crippen LogP contribution in [0.25, 0.3) is 11.0 Å². The van der Waals surface area contributed by atoms with E-state index in [1.165, 1.54) is 0 Å². The normalized spacial score (nSPS) is 22.3. The van der Waals surface area contributed by atoms with Gasteiger partial charge in [-0.3, -0.25) is 9.69 Å². The topological polar surface area (TPSA) is 95.3 Å². The van der Waals surface area contributed by atoms with Gasteiger partial charge in [-0.15, -0.1) is 9.89 Å². The van der Waals surface area contributed by atoms with Crippen molar-refractivity contribution in [1.29, 1.82) is 0 Å². The number of piperazine rings is 1. The first kappa shape index (κ1) is 21.7. The van der Waals surface area contributed by atoms with Gasteiger partial charge < -0.3 is 10.2 Å². The molecule has 1 saturated heterocycles. The second-order valence-electron chi connectivity index (χ2n) is 9.01. The average molecular weight is 450 g/mol. The SMILES string of the molecule is CN1CCN(CC(=O)NC2CCC(N(c3ncccn3)n3nnc4ccccc43)CC2)CC1. The molecule has 1 aromatic carbocycles. The summed E-state index contributed by atoms with van der Waals surface area (Å²) in [6.07, 6.45) is 7.14. The summed E-state index contributed by atoms with van der Waals surface area (Å²) in [5, 5.41) is 14.1. The zero-order valence-electron chi connectivity index (χ0n) is 19.0. The minimum atomic E-state index is 0.133. The number of aromatic nitrogens is 5. The molecular formula is C23H31N9O. The summed E-state index contributed by atoms with van der Waals surface area (Å²) < 4.78 is 0. The number of nitrogens with one attached hydrogen (secondary N) is 1. The van der Waals surface area contributed by atoms with E-state index in [-0.39, 0.29) is 18.0 Å². The summed E-state index contributed by atoms with van der Waals surface area (Å²) in [6.45, 7) is 4.44. The summed E-state index contributed by atoms with van der Waals surface area (Å²) in [4.78, 5) is 28.0. The quantitative estimate of drug-likeness (QED) is 0.599. The van der Waals surface area contributed by atoms with Gasteiger partial charge in [0.2, 0.25) is 11.9 Å². The predicted molar refractivity (Wildman–Crippen MR) is 126 cm³/mol. The van der Waals surface area contributed by atoms with Crippen molar-refractivity contribution in [2.75, 3.05) is 44.8 Å². The van der Waals surface area contributed by atoms with Crippen molar-refractivity contribution in [3.63, 3.8) is 0 Å². The average Bonchev–Trinajstić information content (AvgIpc) is 3.26. The highest BCUT2D eigenvalue weighted by molar-refractivity contribution is 5.78. The van der Waals surface area contributed by atoms with E-state index >= 15 is 0 Å². The molecule has 1 N–H and O–H groups in total. The number of hydrogen-bond acceptors (Lipinski definition) is 8. The first-order valence-corrected chi connectivity index (χ1v) is 11.7. The van der Waals surface area contributed by atoms with E-state index in [0.717, 1.165) is 62.9 Å². The largest absolute Gasteiger partial charge is 0.352 e. The molecule has 2 aliphatic rings. The Kier molecular flexibility index (Phi) is 6.45. The van der Waals surface area contributed by atoms with Gasteiger partial charge in [0.05, 0.1) is 12.6 Å². The van der Waals surface area contributed by atoms with E-state index in [1.54, 1.807) is 12.4 Å². The number of carbonyl (C=O) groups is 1. The van der Waals surface area contributed by atoms with Gasteiger partial charge in [0, 0.05) is 44.6 Å². The number of hydrogen-bond donors (Lipinski definition) is 1. The molecule has 3 aromatic rings. The lowest BCUT2D eigenvalue weighted by Gasteiger charge is -2.37. The molecule has 0 atom stereocenters. The van der Waals surface area contributed by atoms with Gasteiger partial charge in [-0.1, -0.05) is 12.1 Å². The van der Waals surface area contributed by atoms with Crippen LogP contribution in [0.2, 0.25) is 0 Å². The van der Waals surface area contributed by atoms with E-state index in [2.05, 4.69) is 47.5 Å². The molecule has 0 unspecified atom stereocenters. The second-order valence-corrected chi connectivity index (χ2v) is 9.01.